The number of carbonyl (C=O) groups is 1. The summed E-state index contributed by atoms with van der Waals surface area (Å²) < 4.78 is 1.66. The second kappa shape index (κ2) is 4.55. The quantitative estimate of drug-likeness (QED) is 0.781. The van der Waals surface area contributed by atoms with Crippen LogP contribution in [0, 0.1) is 0 Å². The summed E-state index contributed by atoms with van der Waals surface area (Å²) in [6.45, 7) is 4.44. The van der Waals surface area contributed by atoms with Crippen LogP contribution in [0.25, 0.3) is 0 Å². The van der Waals surface area contributed by atoms with Crippen molar-refractivity contribution in [2.45, 2.75) is 45.3 Å². The molecule has 5 heteroatoms. The molecule has 0 aliphatic heterocycles. The Morgan fingerprint density at radius 1 is 1.62 bits per heavy atom. The Hall–Kier alpha value is -1.52. The SMILES string of the molecule is CC(C)Nc1cnn(CC(=O)NC2CC2)c1. The summed E-state index contributed by atoms with van der Waals surface area (Å²) in [5, 5.41) is 10.3. The van der Waals surface area contributed by atoms with E-state index in [1.807, 2.05) is 6.20 Å². The fourth-order valence-corrected chi connectivity index (χ4v) is 1.51. The van der Waals surface area contributed by atoms with Crippen molar-refractivity contribution in [3.05, 3.63) is 12.4 Å². The normalized spacial score (nSPS) is 15.2. The maximum Gasteiger partial charge on any atom is 0.241 e. The number of amides is 1. The van der Waals surface area contributed by atoms with Crippen LogP contribution in [0.4, 0.5) is 5.69 Å². The first-order valence-corrected chi connectivity index (χ1v) is 5.72. The van der Waals surface area contributed by atoms with Gasteiger partial charge in [0.25, 0.3) is 0 Å². The molecule has 0 spiro atoms. The number of rotatable bonds is 5. The molecule has 0 unspecified atom stereocenters. The molecule has 1 aromatic heterocycles. The number of aromatic nitrogens is 2. The smallest absolute Gasteiger partial charge is 0.241 e. The summed E-state index contributed by atoms with van der Waals surface area (Å²) in [4.78, 5) is 11.5. The summed E-state index contributed by atoms with van der Waals surface area (Å²) in [5.74, 6) is 0.0432. The van der Waals surface area contributed by atoms with E-state index >= 15 is 0 Å². The zero-order valence-electron chi connectivity index (χ0n) is 9.73. The maximum absolute atomic E-state index is 11.5. The molecule has 16 heavy (non-hydrogen) atoms. The Kier molecular flexibility index (Phi) is 3.12. The van der Waals surface area contributed by atoms with Gasteiger partial charge in [0.15, 0.2) is 0 Å². The number of nitrogens with one attached hydrogen (secondary N) is 2. The Morgan fingerprint density at radius 3 is 3.00 bits per heavy atom. The average Bonchev–Trinajstić information content (AvgIpc) is 2.87. The Labute approximate surface area is 95.2 Å². The lowest BCUT2D eigenvalue weighted by atomic mass is 10.4. The van der Waals surface area contributed by atoms with Crippen molar-refractivity contribution in [2.24, 2.45) is 0 Å². The molecule has 0 saturated heterocycles. The number of nitrogens with zero attached hydrogens (tertiary/aromatic N) is 2. The molecule has 1 aliphatic rings. The molecule has 1 saturated carbocycles. The molecule has 1 heterocycles. The van der Waals surface area contributed by atoms with E-state index in [1.54, 1.807) is 10.9 Å². The molecule has 1 amide bonds. The highest BCUT2D eigenvalue weighted by molar-refractivity contribution is 5.76. The predicted molar refractivity (Wildman–Crippen MR) is 62.2 cm³/mol. The molecule has 1 aliphatic carbocycles. The van der Waals surface area contributed by atoms with Crippen LogP contribution in [0.1, 0.15) is 26.7 Å². The first-order chi connectivity index (χ1) is 7.63. The molecule has 1 aromatic rings. The molecular weight excluding hydrogens is 204 g/mol. The van der Waals surface area contributed by atoms with Gasteiger partial charge in [-0.1, -0.05) is 0 Å². The largest absolute Gasteiger partial charge is 0.380 e. The second-order valence-corrected chi connectivity index (χ2v) is 4.57. The van der Waals surface area contributed by atoms with Gasteiger partial charge in [-0.3, -0.25) is 9.48 Å². The summed E-state index contributed by atoms with van der Waals surface area (Å²) in [6, 6.07) is 0.786. The molecule has 0 atom stereocenters. The number of hydrogen-bond acceptors (Lipinski definition) is 3. The van der Waals surface area contributed by atoms with E-state index in [0.29, 0.717) is 18.6 Å². The molecule has 88 valence electrons. The van der Waals surface area contributed by atoms with E-state index in [4.69, 9.17) is 0 Å². The van der Waals surface area contributed by atoms with Gasteiger partial charge in [-0.15, -0.1) is 0 Å². The topological polar surface area (TPSA) is 59.0 Å². The highest BCUT2D eigenvalue weighted by atomic mass is 16.2. The second-order valence-electron chi connectivity index (χ2n) is 4.57. The molecule has 1 fully saturated rings. The van der Waals surface area contributed by atoms with Crippen LogP contribution < -0.4 is 10.6 Å². The van der Waals surface area contributed by atoms with Crippen LogP contribution in [0.2, 0.25) is 0 Å². The third kappa shape index (κ3) is 3.25. The van der Waals surface area contributed by atoms with Gasteiger partial charge in [0.05, 0.1) is 11.9 Å². The van der Waals surface area contributed by atoms with Gasteiger partial charge in [0.2, 0.25) is 5.91 Å². The minimum Gasteiger partial charge on any atom is -0.380 e. The molecule has 2 N–H and O–H groups in total. The van der Waals surface area contributed by atoms with Crippen molar-refractivity contribution in [3.8, 4) is 0 Å². The summed E-state index contributed by atoms with van der Waals surface area (Å²) >= 11 is 0. The molecule has 2 rings (SSSR count). The van der Waals surface area contributed by atoms with Crippen molar-refractivity contribution in [1.29, 1.82) is 0 Å². The van der Waals surface area contributed by atoms with Crippen LogP contribution in [0.3, 0.4) is 0 Å². The van der Waals surface area contributed by atoms with Crippen LogP contribution in [-0.2, 0) is 11.3 Å². The standard InChI is InChI=1S/C11H18N4O/c1-8(2)13-10-5-12-15(6-10)7-11(16)14-9-3-4-9/h5-6,8-9,13H,3-4,7H2,1-2H3,(H,14,16). The van der Waals surface area contributed by atoms with Crippen molar-refractivity contribution in [1.82, 2.24) is 15.1 Å². The number of carbonyl (C=O) groups excluding carboxylic acids is 1. The highest BCUT2D eigenvalue weighted by Crippen LogP contribution is 2.18. The van der Waals surface area contributed by atoms with Crippen LogP contribution in [-0.4, -0.2) is 27.8 Å². The lowest BCUT2D eigenvalue weighted by molar-refractivity contribution is -0.122. The van der Waals surface area contributed by atoms with E-state index in [2.05, 4.69) is 29.6 Å². The number of anilines is 1. The first kappa shape index (κ1) is 11.0. The molecular formula is C11H18N4O. The van der Waals surface area contributed by atoms with Crippen LogP contribution >= 0.6 is 0 Å². The summed E-state index contributed by atoms with van der Waals surface area (Å²) in [5.41, 5.74) is 0.953. The van der Waals surface area contributed by atoms with Gasteiger partial charge < -0.3 is 10.6 Å². The lowest BCUT2D eigenvalue weighted by Crippen LogP contribution is -2.29. The Balaban J connectivity index is 1.83. The van der Waals surface area contributed by atoms with Gasteiger partial charge in [-0.05, 0) is 26.7 Å². The van der Waals surface area contributed by atoms with Crippen LogP contribution in [0.5, 0.6) is 0 Å². The summed E-state index contributed by atoms with van der Waals surface area (Å²) in [7, 11) is 0. The van der Waals surface area contributed by atoms with Gasteiger partial charge in [0, 0.05) is 18.3 Å². The van der Waals surface area contributed by atoms with Crippen LogP contribution in [0.15, 0.2) is 12.4 Å². The Bertz CT molecular complexity index is 368. The average molecular weight is 222 g/mol. The van der Waals surface area contributed by atoms with Gasteiger partial charge in [-0.25, -0.2) is 0 Å². The van der Waals surface area contributed by atoms with Gasteiger partial charge in [-0.2, -0.15) is 5.10 Å². The van der Waals surface area contributed by atoms with Crippen molar-refractivity contribution in [2.75, 3.05) is 5.32 Å². The van der Waals surface area contributed by atoms with Crippen molar-refractivity contribution >= 4 is 11.6 Å². The fraction of sp³-hybridized carbons (Fsp3) is 0.636. The molecule has 0 aromatic carbocycles. The van der Waals surface area contributed by atoms with Gasteiger partial charge in [0.1, 0.15) is 6.54 Å². The van der Waals surface area contributed by atoms with E-state index in [9.17, 15) is 4.79 Å². The van der Waals surface area contributed by atoms with E-state index < -0.39 is 0 Å². The van der Waals surface area contributed by atoms with Crippen molar-refractivity contribution in [3.63, 3.8) is 0 Å². The highest BCUT2D eigenvalue weighted by Gasteiger charge is 2.23. The third-order valence-corrected chi connectivity index (χ3v) is 2.34. The maximum atomic E-state index is 11.5. The molecule has 5 nitrogen and oxygen atoms in total. The predicted octanol–water partition coefficient (Wildman–Crippen LogP) is 0.982. The van der Waals surface area contributed by atoms with E-state index in [0.717, 1.165) is 18.5 Å². The third-order valence-electron chi connectivity index (χ3n) is 2.34. The van der Waals surface area contributed by atoms with E-state index in [1.165, 1.54) is 0 Å². The number of hydrogen-bond donors (Lipinski definition) is 2. The zero-order valence-corrected chi connectivity index (χ0v) is 9.73. The zero-order chi connectivity index (χ0) is 11.5. The molecule has 0 bridgehead atoms. The minimum absolute atomic E-state index is 0.0432. The van der Waals surface area contributed by atoms with Gasteiger partial charge >= 0.3 is 0 Å². The Morgan fingerprint density at radius 2 is 2.38 bits per heavy atom. The van der Waals surface area contributed by atoms with Crippen molar-refractivity contribution < 1.29 is 4.79 Å². The fourth-order valence-electron chi connectivity index (χ4n) is 1.51. The monoisotopic (exact) mass is 222 g/mol. The minimum atomic E-state index is 0.0432. The molecule has 0 radical (unpaired) electrons. The lowest BCUT2D eigenvalue weighted by Gasteiger charge is -2.06. The summed E-state index contributed by atoms with van der Waals surface area (Å²) in [6.07, 6.45) is 5.83. The first-order valence-electron chi connectivity index (χ1n) is 5.72. The van der Waals surface area contributed by atoms with E-state index in [-0.39, 0.29) is 5.91 Å².